The first-order valence-electron chi connectivity index (χ1n) is 9.18. The average molecular weight is 376 g/mol. The van der Waals surface area contributed by atoms with Gasteiger partial charge in [0.2, 0.25) is 0 Å². The van der Waals surface area contributed by atoms with Crippen molar-refractivity contribution in [2.45, 2.75) is 32.3 Å². The maximum Gasteiger partial charge on any atom is 0.262 e. The molecule has 2 N–H and O–H groups in total. The number of rotatable bonds is 3. The predicted molar refractivity (Wildman–Crippen MR) is 104 cm³/mol. The second-order valence-corrected chi connectivity index (χ2v) is 7.59. The summed E-state index contributed by atoms with van der Waals surface area (Å²) in [6, 6.07) is 5.79. The number of aryl methyl sites for hydroxylation is 3. The van der Waals surface area contributed by atoms with Gasteiger partial charge in [-0.05, 0) is 49.4 Å². The van der Waals surface area contributed by atoms with Crippen LogP contribution in [0.2, 0.25) is 0 Å². The fraction of sp³-hybridized carbons (Fsp3) is 0.300. The Morgan fingerprint density at radius 1 is 1.18 bits per heavy atom. The summed E-state index contributed by atoms with van der Waals surface area (Å²) in [4.78, 5) is 19.8. The highest BCUT2D eigenvalue weighted by atomic mass is 16.3. The van der Waals surface area contributed by atoms with E-state index in [-0.39, 0.29) is 5.56 Å². The number of benzene rings is 1. The van der Waals surface area contributed by atoms with Gasteiger partial charge in [0.05, 0.1) is 11.3 Å². The third-order valence-electron chi connectivity index (χ3n) is 5.33. The SMILES string of the molecule is Cc1cc(C2(O)CC2)cc(C)c1-n1cc2c(=O)[nH]c(-c3ccn(C)n3)nc2n1. The summed E-state index contributed by atoms with van der Waals surface area (Å²) in [7, 11) is 1.81. The van der Waals surface area contributed by atoms with Gasteiger partial charge in [-0.2, -0.15) is 5.10 Å². The molecular weight excluding hydrogens is 356 g/mol. The lowest BCUT2D eigenvalue weighted by Crippen LogP contribution is -2.08. The second kappa shape index (κ2) is 5.62. The van der Waals surface area contributed by atoms with E-state index >= 15 is 0 Å². The maximum absolute atomic E-state index is 12.6. The lowest BCUT2D eigenvalue weighted by atomic mass is 9.99. The highest BCUT2D eigenvalue weighted by molar-refractivity contribution is 5.75. The van der Waals surface area contributed by atoms with Crippen LogP contribution in [0.3, 0.4) is 0 Å². The molecule has 1 aromatic carbocycles. The van der Waals surface area contributed by atoms with Gasteiger partial charge in [-0.15, -0.1) is 5.10 Å². The molecule has 3 heterocycles. The van der Waals surface area contributed by atoms with Crippen LogP contribution in [0.1, 0.15) is 29.5 Å². The molecule has 0 radical (unpaired) electrons. The third-order valence-corrected chi connectivity index (χ3v) is 5.33. The first-order chi connectivity index (χ1) is 13.3. The fourth-order valence-corrected chi connectivity index (χ4v) is 3.69. The quantitative estimate of drug-likeness (QED) is 0.570. The van der Waals surface area contributed by atoms with Gasteiger partial charge < -0.3 is 10.1 Å². The van der Waals surface area contributed by atoms with Crippen LogP contribution >= 0.6 is 0 Å². The van der Waals surface area contributed by atoms with Crippen LogP contribution in [0.5, 0.6) is 0 Å². The molecule has 3 aromatic heterocycles. The van der Waals surface area contributed by atoms with Crippen molar-refractivity contribution in [3.63, 3.8) is 0 Å². The highest BCUT2D eigenvalue weighted by Gasteiger charge is 2.42. The molecule has 8 heteroatoms. The van der Waals surface area contributed by atoms with Gasteiger partial charge >= 0.3 is 0 Å². The van der Waals surface area contributed by atoms with Crippen molar-refractivity contribution < 1.29 is 5.11 Å². The fourth-order valence-electron chi connectivity index (χ4n) is 3.69. The molecule has 4 aromatic rings. The molecule has 1 aliphatic rings. The summed E-state index contributed by atoms with van der Waals surface area (Å²) in [6.07, 6.45) is 5.09. The zero-order chi connectivity index (χ0) is 19.6. The molecule has 0 aliphatic heterocycles. The molecular formula is C20H20N6O2. The van der Waals surface area contributed by atoms with E-state index in [2.05, 4.69) is 20.2 Å². The van der Waals surface area contributed by atoms with E-state index in [0.717, 1.165) is 35.2 Å². The number of aliphatic hydroxyl groups is 1. The Bertz CT molecular complexity index is 1270. The Balaban J connectivity index is 1.64. The number of hydrogen-bond acceptors (Lipinski definition) is 5. The summed E-state index contributed by atoms with van der Waals surface area (Å²) in [6.45, 7) is 3.97. The molecule has 0 bridgehead atoms. The average Bonchev–Trinajstić information content (AvgIpc) is 3.04. The van der Waals surface area contributed by atoms with E-state index in [1.807, 2.05) is 33.0 Å². The molecule has 1 saturated carbocycles. The van der Waals surface area contributed by atoms with E-state index in [0.29, 0.717) is 22.6 Å². The molecule has 5 rings (SSSR count). The van der Waals surface area contributed by atoms with Crippen LogP contribution in [0.15, 0.2) is 35.4 Å². The zero-order valence-corrected chi connectivity index (χ0v) is 15.9. The van der Waals surface area contributed by atoms with Crippen molar-refractivity contribution in [3.05, 3.63) is 57.6 Å². The monoisotopic (exact) mass is 376 g/mol. The molecule has 0 amide bonds. The minimum atomic E-state index is -0.681. The van der Waals surface area contributed by atoms with Crippen LogP contribution in [-0.4, -0.2) is 34.6 Å². The summed E-state index contributed by atoms with van der Waals surface area (Å²) >= 11 is 0. The smallest absolute Gasteiger partial charge is 0.262 e. The summed E-state index contributed by atoms with van der Waals surface area (Å²) in [5, 5.41) is 19.7. The van der Waals surface area contributed by atoms with Crippen molar-refractivity contribution in [1.29, 1.82) is 0 Å². The number of H-pyrrole nitrogens is 1. The van der Waals surface area contributed by atoms with Gasteiger partial charge in [0.1, 0.15) is 11.1 Å². The van der Waals surface area contributed by atoms with E-state index in [1.54, 1.807) is 27.8 Å². The Morgan fingerprint density at radius 3 is 2.50 bits per heavy atom. The number of fused-ring (bicyclic) bond motifs is 1. The molecule has 1 fully saturated rings. The van der Waals surface area contributed by atoms with Gasteiger partial charge in [0, 0.05) is 19.4 Å². The highest BCUT2D eigenvalue weighted by Crippen LogP contribution is 2.46. The van der Waals surface area contributed by atoms with Crippen molar-refractivity contribution >= 4 is 11.0 Å². The Kier molecular flexibility index (Phi) is 3.39. The van der Waals surface area contributed by atoms with E-state index < -0.39 is 5.60 Å². The summed E-state index contributed by atoms with van der Waals surface area (Å²) < 4.78 is 3.35. The number of nitrogens with zero attached hydrogens (tertiary/aromatic N) is 5. The zero-order valence-electron chi connectivity index (χ0n) is 15.9. The number of hydrogen-bond donors (Lipinski definition) is 2. The lowest BCUT2D eigenvalue weighted by molar-refractivity contribution is 0.151. The summed E-state index contributed by atoms with van der Waals surface area (Å²) in [5.41, 5.74) is 3.84. The Hall–Kier alpha value is -3.26. The van der Waals surface area contributed by atoms with Crippen LogP contribution in [0.4, 0.5) is 0 Å². The van der Waals surface area contributed by atoms with E-state index in [9.17, 15) is 9.90 Å². The van der Waals surface area contributed by atoms with Crippen LogP contribution in [0.25, 0.3) is 28.2 Å². The van der Waals surface area contributed by atoms with Gasteiger partial charge in [-0.3, -0.25) is 9.48 Å². The molecule has 0 spiro atoms. The number of aromatic amines is 1. The largest absolute Gasteiger partial charge is 0.385 e. The van der Waals surface area contributed by atoms with Gasteiger partial charge in [-0.1, -0.05) is 12.1 Å². The van der Waals surface area contributed by atoms with Crippen molar-refractivity contribution in [1.82, 2.24) is 29.5 Å². The molecule has 0 saturated heterocycles. The molecule has 28 heavy (non-hydrogen) atoms. The van der Waals surface area contributed by atoms with E-state index in [4.69, 9.17) is 0 Å². The van der Waals surface area contributed by atoms with Crippen molar-refractivity contribution in [2.75, 3.05) is 0 Å². The van der Waals surface area contributed by atoms with Gasteiger partial charge in [-0.25, -0.2) is 9.67 Å². The Morgan fingerprint density at radius 2 is 1.89 bits per heavy atom. The standard InChI is InChI=1S/C20H20N6O2/c1-11-8-13(20(28)5-6-20)9-12(2)16(11)26-10-14-17(24-26)21-18(22-19(14)27)15-4-7-25(3)23-15/h4,7-10,28H,5-6H2,1-3H3,(H,21,22,24,27). The first kappa shape index (κ1) is 16.9. The predicted octanol–water partition coefficient (Wildman–Crippen LogP) is 2.11. The topological polar surface area (TPSA) is 102 Å². The molecule has 8 nitrogen and oxygen atoms in total. The molecule has 0 atom stereocenters. The first-order valence-corrected chi connectivity index (χ1v) is 9.18. The normalized spacial score (nSPS) is 15.3. The second-order valence-electron chi connectivity index (χ2n) is 7.59. The Labute approximate surface area is 160 Å². The maximum atomic E-state index is 12.6. The van der Waals surface area contributed by atoms with Crippen LogP contribution in [0, 0.1) is 13.8 Å². The minimum absolute atomic E-state index is 0.254. The molecule has 142 valence electrons. The van der Waals surface area contributed by atoms with Crippen molar-refractivity contribution in [3.8, 4) is 17.2 Å². The molecule has 1 aliphatic carbocycles. The van der Waals surface area contributed by atoms with Crippen LogP contribution in [-0.2, 0) is 12.6 Å². The summed E-state index contributed by atoms with van der Waals surface area (Å²) in [5.74, 6) is 0.392. The van der Waals surface area contributed by atoms with E-state index in [1.165, 1.54) is 0 Å². The lowest BCUT2D eigenvalue weighted by Gasteiger charge is -2.15. The minimum Gasteiger partial charge on any atom is -0.385 e. The number of aromatic nitrogens is 6. The third kappa shape index (κ3) is 2.56. The van der Waals surface area contributed by atoms with Crippen LogP contribution < -0.4 is 5.56 Å². The molecule has 0 unspecified atom stereocenters. The van der Waals surface area contributed by atoms with Crippen molar-refractivity contribution in [2.24, 2.45) is 7.05 Å². The van der Waals surface area contributed by atoms with Gasteiger partial charge in [0.15, 0.2) is 11.5 Å². The van der Waals surface area contributed by atoms with Gasteiger partial charge in [0.25, 0.3) is 5.56 Å². The number of nitrogens with one attached hydrogen (secondary N) is 1.